The molecule has 1 unspecified atom stereocenters. The Bertz CT molecular complexity index is 684. The van der Waals surface area contributed by atoms with Crippen molar-refractivity contribution in [2.75, 3.05) is 5.32 Å². The van der Waals surface area contributed by atoms with Gasteiger partial charge < -0.3 is 10.4 Å². The number of nitrogens with one attached hydrogen (secondary N) is 1. The fourth-order valence-electron chi connectivity index (χ4n) is 2.12. The average Bonchev–Trinajstić information content (AvgIpc) is 2.51. The lowest BCUT2D eigenvalue weighted by Crippen LogP contribution is -2.24. The molecule has 0 aliphatic rings. The molecule has 1 atom stereocenters. The van der Waals surface area contributed by atoms with Crippen molar-refractivity contribution in [2.45, 2.75) is 12.8 Å². The number of anilines is 1. The minimum Gasteiger partial charge on any atom is -0.481 e. The van der Waals surface area contributed by atoms with E-state index in [2.05, 4.69) is 5.32 Å². The Morgan fingerprint density at radius 3 is 2.00 bits per heavy atom. The molecule has 0 saturated carbocycles. The van der Waals surface area contributed by atoms with E-state index in [1.54, 1.807) is 48.5 Å². The summed E-state index contributed by atoms with van der Waals surface area (Å²) in [5, 5.41) is 13.1. The van der Waals surface area contributed by atoms with Gasteiger partial charge in [-0.1, -0.05) is 35.3 Å². The number of halogens is 2. The first-order valence-corrected chi connectivity index (χ1v) is 7.72. The van der Waals surface area contributed by atoms with E-state index >= 15 is 0 Å². The van der Waals surface area contributed by atoms with Crippen molar-refractivity contribution < 1.29 is 14.7 Å². The second-order valence-corrected chi connectivity index (χ2v) is 6.00. The van der Waals surface area contributed by atoms with Crippen LogP contribution in [0.3, 0.4) is 0 Å². The molecular formula is C17H15Cl2NO3. The number of aliphatic carboxylic acids is 1. The maximum Gasteiger partial charge on any atom is 0.307 e. The number of benzene rings is 2. The summed E-state index contributed by atoms with van der Waals surface area (Å²) in [6, 6.07) is 13.5. The Morgan fingerprint density at radius 2 is 1.48 bits per heavy atom. The number of carbonyl (C=O) groups is 2. The predicted octanol–water partition coefficient (Wildman–Crippen LogP) is 4.27. The summed E-state index contributed by atoms with van der Waals surface area (Å²) in [5.74, 6) is -2.16. The van der Waals surface area contributed by atoms with Crippen LogP contribution < -0.4 is 5.32 Å². The smallest absolute Gasteiger partial charge is 0.307 e. The van der Waals surface area contributed by atoms with Gasteiger partial charge in [0.2, 0.25) is 5.91 Å². The molecule has 0 heterocycles. The molecule has 0 aliphatic heterocycles. The van der Waals surface area contributed by atoms with Crippen LogP contribution in [0.2, 0.25) is 10.0 Å². The number of hydrogen-bond acceptors (Lipinski definition) is 2. The van der Waals surface area contributed by atoms with E-state index in [9.17, 15) is 14.7 Å². The molecule has 0 radical (unpaired) electrons. The molecule has 0 aromatic heterocycles. The van der Waals surface area contributed by atoms with Crippen molar-refractivity contribution in [3.63, 3.8) is 0 Å². The minimum absolute atomic E-state index is 0.111. The fraction of sp³-hybridized carbons (Fsp3) is 0.176. The zero-order valence-corrected chi connectivity index (χ0v) is 13.6. The van der Waals surface area contributed by atoms with Crippen molar-refractivity contribution in [3.8, 4) is 0 Å². The zero-order chi connectivity index (χ0) is 16.8. The third kappa shape index (κ3) is 5.58. The highest BCUT2D eigenvalue weighted by atomic mass is 35.5. The number of carboxylic acid groups (broad SMARTS) is 1. The van der Waals surface area contributed by atoms with Gasteiger partial charge in [0.05, 0.1) is 5.92 Å². The van der Waals surface area contributed by atoms with Gasteiger partial charge in [0.15, 0.2) is 0 Å². The highest BCUT2D eigenvalue weighted by Gasteiger charge is 2.21. The van der Waals surface area contributed by atoms with Crippen LogP contribution in [0.1, 0.15) is 12.0 Å². The van der Waals surface area contributed by atoms with Crippen LogP contribution in [0, 0.1) is 5.92 Å². The predicted molar refractivity (Wildman–Crippen MR) is 91.0 cm³/mol. The van der Waals surface area contributed by atoms with Crippen molar-refractivity contribution in [2.24, 2.45) is 5.92 Å². The van der Waals surface area contributed by atoms with E-state index in [1.807, 2.05) is 0 Å². The van der Waals surface area contributed by atoms with Crippen LogP contribution in [0.4, 0.5) is 5.69 Å². The molecule has 2 aromatic carbocycles. The monoisotopic (exact) mass is 351 g/mol. The third-order valence-electron chi connectivity index (χ3n) is 3.30. The number of hydrogen-bond donors (Lipinski definition) is 2. The first-order chi connectivity index (χ1) is 10.9. The van der Waals surface area contributed by atoms with Crippen molar-refractivity contribution >= 4 is 40.8 Å². The summed E-state index contributed by atoms with van der Waals surface area (Å²) in [4.78, 5) is 23.4. The SMILES string of the molecule is O=C(CC(Cc1ccc(Cl)cc1)C(=O)O)Nc1ccc(Cl)cc1. The topological polar surface area (TPSA) is 66.4 Å². The standard InChI is InChI=1S/C17H15Cl2NO3/c18-13-3-1-11(2-4-13)9-12(17(22)23)10-16(21)20-15-7-5-14(19)6-8-15/h1-8,12H,9-10H2,(H,20,21)(H,22,23). The first-order valence-electron chi connectivity index (χ1n) is 6.96. The van der Waals surface area contributed by atoms with Crippen LogP contribution in [0.5, 0.6) is 0 Å². The summed E-state index contributed by atoms with van der Waals surface area (Å²) in [5.41, 5.74) is 1.40. The third-order valence-corrected chi connectivity index (χ3v) is 3.81. The molecule has 4 nitrogen and oxygen atoms in total. The summed E-state index contributed by atoms with van der Waals surface area (Å²) in [6.45, 7) is 0. The largest absolute Gasteiger partial charge is 0.481 e. The van der Waals surface area contributed by atoms with E-state index in [1.165, 1.54) is 0 Å². The summed E-state index contributed by atoms with van der Waals surface area (Å²) >= 11 is 11.6. The van der Waals surface area contributed by atoms with E-state index in [0.717, 1.165) is 5.56 Å². The average molecular weight is 352 g/mol. The van der Waals surface area contributed by atoms with Crippen molar-refractivity contribution in [1.82, 2.24) is 0 Å². The number of amides is 1. The van der Waals surface area contributed by atoms with Crippen LogP contribution >= 0.6 is 23.2 Å². The lowest BCUT2D eigenvalue weighted by Gasteiger charge is -2.13. The van der Waals surface area contributed by atoms with E-state index in [0.29, 0.717) is 15.7 Å². The molecule has 0 saturated heterocycles. The molecule has 0 fully saturated rings. The van der Waals surface area contributed by atoms with Crippen LogP contribution in [-0.4, -0.2) is 17.0 Å². The molecule has 2 rings (SSSR count). The van der Waals surface area contributed by atoms with E-state index in [-0.39, 0.29) is 18.7 Å². The van der Waals surface area contributed by atoms with Gasteiger partial charge in [0, 0.05) is 22.2 Å². The Kier molecular flexibility index (Phi) is 6.02. The van der Waals surface area contributed by atoms with Crippen LogP contribution in [0.25, 0.3) is 0 Å². The second kappa shape index (κ2) is 7.99. The van der Waals surface area contributed by atoms with Gasteiger partial charge in [-0.3, -0.25) is 9.59 Å². The van der Waals surface area contributed by atoms with Crippen molar-refractivity contribution in [1.29, 1.82) is 0 Å². The molecular weight excluding hydrogens is 337 g/mol. The van der Waals surface area contributed by atoms with Gasteiger partial charge in [-0.15, -0.1) is 0 Å². The Morgan fingerprint density at radius 1 is 0.957 bits per heavy atom. The highest BCUT2D eigenvalue weighted by Crippen LogP contribution is 2.18. The lowest BCUT2D eigenvalue weighted by atomic mass is 9.96. The molecule has 120 valence electrons. The highest BCUT2D eigenvalue weighted by molar-refractivity contribution is 6.30. The number of carboxylic acids is 1. The molecule has 1 amide bonds. The quantitative estimate of drug-likeness (QED) is 0.816. The summed E-state index contributed by atoms with van der Waals surface area (Å²) in [7, 11) is 0. The molecule has 2 N–H and O–H groups in total. The molecule has 0 aliphatic carbocycles. The molecule has 23 heavy (non-hydrogen) atoms. The molecule has 6 heteroatoms. The zero-order valence-electron chi connectivity index (χ0n) is 12.1. The number of carbonyl (C=O) groups excluding carboxylic acids is 1. The molecule has 0 bridgehead atoms. The van der Waals surface area contributed by atoms with E-state index in [4.69, 9.17) is 23.2 Å². The fourth-order valence-corrected chi connectivity index (χ4v) is 2.37. The second-order valence-electron chi connectivity index (χ2n) is 5.12. The Hall–Kier alpha value is -2.04. The van der Waals surface area contributed by atoms with Gasteiger partial charge in [0.25, 0.3) is 0 Å². The van der Waals surface area contributed by atoms with Gasteiger partial charge in [-0.2, -0.15) is 0 Å². The maximum absolute atomic E-state index is 12.0. The molecule has 2 aromatic rings. The van der Waals surface area contributed by atoms with Gasteiger partial charge >= 0.3 is 5.97 Å². The Labute approximate surface area is 144 Å². The summed E-state index contributed by atoms with van der Waals surface area (Å²) < 4.78 is 0. The lowest BCUT2D eigenvalue weighted by molar-refractivity contribution is -0.143. The van der Waals surface area contributed by atoms with Crippen LogP contribution in [-0.2, 0) is 16.0 Å². The van der Waals surface area contributed by atoms with Gasteiger partial charge in [-0.05, 0) is 48.4 Å². The van der Waals surface area contributed by atoms with E-state index < -0.39 is 11.9 Å². The van der Waals surface area contributed by atoms with Crippen LogP contribution in [0.15, 0.2) is 48.5 Å². The number of rotatable bonds is 6. The Balaban J connectivity index is 1.98. The van der Waals surface area contributed by atoms with Gasteiger partial charge in [0.1, 0.15) is 0 Å². The van der Waals surface area contributed by atoms with Crippen molar-refractivity contribution in [3.05, 3.63) is 64.1 Å². The summed E-state index contributed by atoms with van der Waals surface area (Å²) in [6.07, 6.45) is 0.154. The first kappa shape index (κ1) is 17.3. The maximum atomic E-state index is 12.0. The normalized spacial score (nSPS) is 11.7. The minimum atomic E-state index is -1.01. The molecule has 0 spiro atoms. The van der Waals surface area contributed by atoms with Gasteiger partial charge in [-0.25, -0.2) is 0 Å².